The number of nitrogen functional groups attached to an aromatic ring is 6. The molecule has 0 aliphatic heterocycles. The van der Waals surface area contributed by atoms with Crippen LogP contribution in [0.1, 0.15) is 0 Å². The topological polar surface area (TPSA) is 633 Å². The first kappa shape index (κ1) is 95.9. The van der Waals surface area contributed by atoms with Crippen LogP contribution in [-0.2, 0) is 56.7 Å². The van der Waals surface area contributed by atoms with Crippen LogP contribution in [0.2, 0.25) is 0 Å². The van der Waals surface area contributed by atoms with Crippen molar-refractivity contribution in [1.82, 2.24) is 89.2 Å². The van der Waals surface area contributed by atoms with Crippen LogP contribution in [0.25, 0.3) is 32.5 Å². The Hall–Kier alpha value is -6.20. The van der Waals surface area contributed by atoms with E-state index in [0.717, 1.165) is 0 Å². The first-order valence-electron chi connectivity index (χ1n) is 11.5. The molecule has 0 unspecified atom stereocenters. The van der Waals surface area contributed by atoms with Crippen molar-refractivity contribution in [3.05, 3.63) is 108 Å². The van der Waals surface area contributed by atoms with Crippen molar-refractivity contribution in [3.8, 4) is 0 Å². The van der Waals surface area contributed by atoms with Crippen LogP contribution in [0.15, 0.2) is 75.9 Å². The van der Waals surface area contributed by atoms with Crippen LogP contribution < -0.4 is 35.1 Å². The molecular weight excluding hydrogens is 1080 g/mol. The molecule has 0 aliphatic carbocycles. The summed E-state index contributed by atoms with van der Waals surface area (Å²) < 4.78 is 7.67. The number of rotatable bonds is 0. The van der Waals surface area contributed by atoms with Gasteiger partial charge in [-0.2, -0.15) is 31.0 Å². The Morgan fingerprint density at radius 3 is 0.339 bits per heavy atom. The average Bonchev–Trinajstić information content (AvgIpc) is 3.97. The Kier molecular flexibility index (Phi) is 140. The summed E-state index contributed by atoms with van der Waals surface area (Å²) in [7, 11) is 0. The van der Waals surface area contributed by atoms with E-state index in [1.54, 1.807) is 0 Å². The normalized spacial score (nSPS) is 5.81. The van der Waals surface area contributed by atoms with Gasteiger partial charge < -0.3 is 94.9 Å². The zero-order valence-corrected chi connectivity index (χ0v) is 38.4. The van der Waals surface area contributed by atoms with Gasteiger partial charge in [-0.1, -0.05) is 73.3 Å². The largest absolute Gasteiger partial charge is 2.00 e. The molecule has 6 rings (SSSR count). The first-order valence-corrected chi connectivity index (χ1v) is 14.0. The van der Waals surface area contributed by atoms with Crippen molar-refractivity contribution in [2.24, 2.45) is 0 Å². The summed E-state index contributed by atoms with van der Waals surface area (Å²) in [5, 5.41) is 91.7. The molecule has 346 valence electrons. The van der Waals surface area contributed by atoms with Gasteiger partial charge in [0.25, 0.3) is 0 Å². The number of aromatic nitrogens is 18. The summed E-state index contributed by atoms with van der Waals surface area (Å²) in [6, 6.07) is 0. The second-order valence-electron chi connectivity index (χ2n) is 6.00. The minimum atomic E-state index is 0. The van der Waals surface area contributed by atoms with E-state index in [9.17, 15) is 0 Å². The summed E-state index contributed by atoms with van der Waals surface area (Å²) >= 11 is 22.2. The van der Waals surface area contributed by atoms with Gasteiger partial charge in [-0.25, -0.2) is 28.1 Å². The Morgan fingerprint density at radius 2 is 0.323 bits per heavy atom. The fourth-order valence-corrected chi connectivity index (χ4v) is 1.25. The predicted molar refractivity (Wildman–Crippen MR) is 236 cm³/mol. The zero-order chi connectivity index (χ0) is 42.7. The third-order valence-corrected chi connectivity index (χ3v) is 2.62. The van der Waals surface area contributed by atoms with Gasteiger partial charge in [-0.05, 0) is 0 Å². The molecule has 6 aromatic rings. The smallest absolute Gasteiger partial charge is 0.753 e. The van der Waals surface area contributed by atoms with E-state index in [1.807, 2.05) is 0 Å². The third-order valence-electron chi connectivity index (χ3n) is 2.62. The van der Waals surface area contributed by atoms with Crippen molar-refractivity contribution in [2.75, 3.05) is 35.1 Å². The fraction of sp³-hybridized carbons (Fsp3) is 0. The molecule has 0 aliphatic rings. The van der Waals surface area contributed by atoms with Gasteiger partial charge in [0.05, 0.1) is 0 Å². The quantitative estimate of drug-likeness (QED) is 0.0271. The van der Waals surface area contributed by atoms with Crippen molar-refractivity contribution in [1.29, 1.82) is 0 Å². The molecule has 0 saturated heterocycles. The molecule has 23 N–H and O–H groups in total. The van der Waals surface area contributed by atoms with Crippen LogP contribution in [-0.4, -0.2) is 142 Å². The maximum absolute atomic E-state index is 7.13. The van der Waals surface area contributed by atoms with Gasteiger partial charge in [0.1, 0.15) is 75.9 Å². The molecule has 6 heterocycles. The number of hydrogen-bond acceptors (Lipinski definition) is 24. The Bertz CT molecular complexity index is 1430. The van der Waals surface area contributed by atoms with Crippen molar-refractivity contribution < 1.29 is 78.6 Å². The van der Waals surface area contributed by atoms with Gasteiger partial charge in [0.15, 0.2) is 0 Å². The van der Waals surface area contributed by atoms with E-state index in [0.29, 0.717) is 0 Å². The molecule has 44 heteroatoms. The second-order valence-corrected chi connectivity index (χ2v) is 7.10. The van der Waals surface area contributed by atoms with E-state index < -0.39 is 0 Å². The number of thiocarbonyl (C=S) groups is 6. The predicted octanol–water partition coefficient (Wildman–Crippen LogP) is -6.33. The number of nitrogens with zero attached hydrogens (tertiary/aromatic N) is 24. The molecule has 0 atom stereocenters. The molecule has 0 amide bonds. The number of isothiocyanates is 6. The molecular formula is C18H35Fe3N30O5S6+. The van der Waals surface area contributed by atoms with Crippen LogP contribution in [0.3, 0.4) is 0 Å². The van der Waals surface area contributed by atoms with Gasteiger partial charge in [-0.15, -0.1) is 61.2 Å². The minimum Gasteiger partial charge on any atom is -0.753 e. The summed E-state index contributed by atoms with van der Waals surface area (Å²) in [4.78, 5) is 0. The summed E-state index contributed by atoms with van der Waals surface area (Å²) in [5.41, 5.74) is 0. The maximum atomic E-state index is 7.13. The fourth-order valence-electron chi connectivity index (χ4n) is 1.25. The Labute approximate surface area is 412 Å². The second kappa shape index (κ2) is 90.8. The summed E-state index contributed by atoms with van der Waals surface area (Å²) in [5.74, 6) is 30.4. The molecule has 0 fully saturated rings. The molecule has 0 aromatic carbocycles. The third kappa shape index (κ3) is 117. The van der Waals surface area contributed by atoms with Gasteiger partial charge in [0, 0.05) is 0 Å². The van der Waals surface area contributed by atoms with E-state index in [1.165, 1.54) is 135 Å². The standard InChI is InChI=1S/6C2H4N4.6CNS.3Fe.5H2O/c6*3-6-1-4-5-2-6;6*2-1-3;;;;;;;;/h6*1-2H,3H2;;;;;;;;;;5*1H2/q;;;;;;6*-1;3*+2;;;;;/p+1. The molecule has 35 nitrogen and oxygen atoms in total. The zero-order valence-electron chi connectivity index (χ0n) is 30.2. The number of hydrogen-bond donors (Lipinski definition) is 6. The Morgan fingerprint density at radius 1 is 0.274 bits per heavy atom. The van der Waals surface area contributed by atoms with Crippen molar-refractivity contribution >= 4 is 104 Å². The molecule has 0 radical (unpaired) electrons. The van der Waals surface area contributed by atoms with E-state index in [2.05, 4.69) is 134 Å². The van der Waals surface area contributed by atoms with Crippen LogP contribution >= 0.6 is 73.3 Å². The maximum Gasteiger partial charge on any atom is 2.00 e. The summed E-state index contributed by atoms with van der Waals surface area (Å²) in [6.45, 7) is 0. The van der Waals surface area contributed by atoms with Crippen LogP contribution in [0.4, 0.5) is 0 Å². The molecule has 62 heavy (non-hydrogen) atoms. The Balaban J connectivity index is -0.0000000338. The van der Waals surface area contributed by atoms with Crippen LogP contribution in [0, 0.1) is 0 Å². The monoisotopic (exact) mass is 1110 g/mol. The average molecular weight is 1110 g/mol. The van der Waals surface area contributed by atoms with E-state index in [4.69, 9.17) is 67.5 Å². The van der Waals surface area contributed by atoms with Gasteiger partial charge in [-0.3, -0.25) is 0 Å². The summed E-state index contributed by atoms with van der Waals surface area (Å²) in [6.07, 6.45) is 17.0. The molecule has 6 aromatic heterocycles. The van der Waals surface area contributed by atoms with Crippen molar-refractivity contribution in [2.45, 2.75) is 0 Å². The van der Waals surface area contributed by atoms with E-state index >= 15 is 0 Å². The SMILES string of the molecule is Nn1cnnc1.Nn1cnnc1.Nn1cnnc1.Nn1cnnc1.Nn1cnnc1.Nn1cnnc1.O.O.O.O.[Fe+2].[Fe+2].[Fe+2].[N-]=C=S.[N-]=C=S.[N-]=C=S.[N-]=C=S.[N-]=C=S.[N-]=C=S.[OH3+]. The van der Waals surface area contributed by atoms with Crippen LogP contribution in [0.5, 0.6) is 0 Å². The van der Waals surface area contributed by atoms with Gasteiger partial charge in [0.2, 0.25) is 0 Å². The molecule has 0 spiro atoms. The van der Waals surface area contributed by atoms with E-state index in [-0.39, 0.29) is 78.6 Å². The molecule has 0 saturated carbocycles. The molecule has 0 bridgehead atoms. The first-order chi connectivity index (χ1) is 25.8. The minimum absolute atomic E-state index is 0. The van der Waals surface area contributed by atoms with Crippen molar-refractivity contribution in [3.63, 3.8) is 0 Å². The number of nitrogens with two attached hydrogens (primary N) is 6. The van der Waals surface area contributed by atoms with Gasteiger partial charge >= 0.3 is 51.2 Å².